The Morgan fingerprint density at radius 2 is 1.86 bits per heavy atom. The van der Waals surface area contributed by atoms with Gasteiger partial charge in [0.05, 0.1) is 35.8 Å². The van der Waals surface area contributed by atoms with Gasteiger partial charge in [0.2, 0.25) is 17.7 Å². The van der Waals surface area contributed by atoms with E-state index < -0.39 is 28.7 Å². The van der Waals surface area contributed by atoms with E-state index in [1.54, 1.807) is 38.6 Å². The van der Waals surface area contributed by atoms with Gasteiger partial charge in [-0.25, -0.2) is 0 Å². The SMILES string of the molecule is C=CCN(CCCC)C(=O)C1N([C@@H](CO)[C@@H](C)CC)C(=O)[C@@H]2[C@H](C(=O)N(CC=C)c3ccc(OCC)cc3)[C@H]3SC12CC3Br. The van der Waals surface area contributed by atoms with Crippen molar-refractivity contribution >= 4 is 51.1 Å². The van der Waals surface area contributed by atoms with Crippen molar-refractivity contribution in [3.63, 3.8) is 0 Å². The van der Waals surface area contributed by atoms with Crippen molar-refractivity contribution in [1.29, 1.82) is 0 Å². The molecule has 0 saturated carbocycles. The summed E-state index contributed by atoms with van der Waals surface area (Å²) in [5.74, 6) is -1.11. The number of carbonyl (C=O) groups is 3. The minimum absolute atomic E-state index is 0.0322. The van der Waals surface area contributed by atoms with E-state index in [0.717, 1.165) is 19.3 Å². The number of aliphatic hydroxyl groups excluding tert-OH is 1. The summed E-state index contributed by atoms with van der Waals surface area (Å²) in [6, 6.07) is 6.08. The zero-order valence-corrected chi connectivity index (χ0v) is 28.9. The number of hydrogen-bond donors (Lipinski definition) is 1. The second kappa shape index (κ2) is 14.9. The first-order valence-corrected chi connectivity index (χ1v) is 17.7. The smallest absolute Gasteiger partial charge is 0.247 e. The van der Waals surface area contributed by atoms with Crippen molar-refractivity contribution in [3.05, 3.63) is 49.6 Å². The minimum Gasteiger partial charge on any atom is -0.494 e. The van der Waals surface area contributed by atoms with Crippen LogP contribution in [0.5, 0.6) is 5.75 Å². The summed E-state index contributed by atoms with van der Waals surface area (Å²) in [5, 5.41) is 10.5. The molecule has 3 saturated heterocycles. The Hall–Kier alpha value is -2.30. The van der Waals surface area contributed by atoms with Crippen LogP contribution in [0.2, 0.25) is 0 Å². The average molecular weight is 691 g/mol. The van der Waals surface area contributed by atoms with Crippen LogP contribution in [0.25, 0.3) is 0 Å². The van der Waals surface area contributed by atoms with Crippen LogP contribution in [-0.4, -0.2) is 92.4 Å². The second-order valence-corrected chi connectivity index (χ2v) is 14.9. The molecule has 8 nitrogen and oxygen atoms in total. The quantitative estimate of drug-likeness (QED) is 0.187. The van der Waals surface area contributed by atoms with Gasteiger partial charge < -0.3 is 24.5 Å². The molecule has 10 heteroatoms. The molecule has 3 aliphatic rings. The highest BCUT2D eigenvalue weighted by Crippen LogP contribution is 2.68. The lowest BCUT2D eigenvalue weighted by Gasteiger charge is -2.41. The number of benzene rings is 1. The molecule has 3 unspecified atom stereocenters. The molecule has 3 heterocycles. The van der Waals surface area contributed by atoms with Crippen molar-refractivity contribution in [2.24, 2.45) is 17.8 Å². The predicted octanol–water partition coefficient (Wildman–Crippen LogP) is 5.29. The number of alkyl halides is 1. The predicted molar refractivity (Wildman–Crippen MR) is 181 cm³/mol. The molecule has 3 fully saturated rings. The normalized spacial score (nSPS) is 28.4. The molecule has 3 aliphatic heterocycles. The van der Waals surface area contributed by atoms with Gasteiger partial charge in [-0.3, -0.25) is 14.4 Å². The fraction of sp³-hybridized carbons (Fsp3) is 0.618. The number of rotatable bonds is 16. The summed E-state index contributed by atoms with van der Waals surface area (Å²) in [6.45, 7) is 17.4. The van der Waals surface area contributed by atoms with E-state index in [9.17, 15) is 19.5 Å². The van der Waals surface area contributed by atoms with E-state index in [4.69, 9.17) is 4.74 Å². The van der Waals surface area contributed by atoms with Gasteiger partial charge in [-0.2, -0.15) is 0 Å². The van der Waals surface area contributed by atoms with E-state index >= 15 is 0 Å². The standard InChI is InChI=1S/C34H48BrN3O5S/c1-7-12-19-36(17-8-2)33(42)30-34-20-25(35)29(44-34)27(28(34)32(41)38(30)26(21-39)22(6)10-4)31(40)37(18-9-3)23-13-15-24(16-14-23)43-11-5/h8-9,13-16,22,25-30,39H,2-3,7,10-12,17-21H2,1,4-6H3/t22-,25?,26-,27-,28-,29-,30?,34?/m0/s1. The van der Waals surface area contributed by atoms with Crippen molar-refractivity contribution in [2.75, 3.05) is 37.7 Å². The third-order valence-electron chi connectivity index (χ3n) is 9.57. The topological polar surface area (TPSA) is 90.4 Å². The first-order chi connectivity index (χ1) is 21.1. The van der Waals surface area contributed by atoms with Crippen LogP contribution < -0.4 is 9.64 Å². The number of thioether (sulfide) groups is 1. The van der Waals surface area contributed by atoms with Crippen LogP contribution in [0, 0.1) is 17.8 Å². The zero-order chi connectivity index (χ0) is 32.2. The van der Waals surface area contributed by atoms with Crippen LogP contribution >= 0.6 is 27.7 Å². The fourth-order valence-corrected chi connectivity index (χ4v) is 10.9. The number of carbonyl (C=O) groups excluding carboxylic acids is 3. The number of fused-ring (bicyclic) bond motifs is 1. The summed E-state index contributed by atoms with van der Waals surface area (Å²) in [6.07, 6.45) is 6.51. The van der Waals surface area contributed by atoms with E-state index in [1.807, 2.05) is 45.0 Å². The number of unbranched alkanes of at least 4 members (excludes halogenated alkanes) is 1. The number of nitrogens with zero attached hydrogens (tertiary/aromatic N) is 3. The molecule has 0 radical (unpaired) electrons. The largest absolute Gasteiger partial charge is 0.494 e. The molecule has 44 heavy (non-hydrogen) atoms. The van der Waals surface area contributed by atoms with Gasteiger partial charge in [0.25, 0.3) is 0 Å². The Balaban J connectivity index is 1.81. The molecule has 1 aromatic rings. The summed E-state index contributed by atoms with van der Waals surface area (Å²) in [5.41, 5.74) is 0.700. The van der Waals surface area contributed by atoms with E-state index in [-0.39, 0.29) is 46.9 Å². The first kappa shape index (κ1) is 34.6. The van der Waals surface area contributed by atoms with Crippen LogP contribution in [0.3, 0.4) is 0 Å². The molecule has 3 amide bonds. The number of amides is 3. The van der Waals surface area contributed by atoms with Crippen LogP contribution in [0.15, 0.2) is 49.6 Å². The Kier molecular flexibility index (Phi) is 11.7. The third-order valence-corrected chi connectivity index (χ3v) is 12.8. The van der Waals surface area contributed by atoms with E-state index in [0.29, 0.717) is 37.6 Å². The third kappa shape index (κ3) is 6.10. The van der Waals surface area contributed by atoms with Crippen molar-refractivity contribution in [3.8, 4) is 5.75 Å². The van der Waals surface area contributed by atoms with Gasteiger partial charge in [0.15, 0.2) is 0 Å². The molecule has 1 aromatic carbocycles. The Morgan fingerprint density at radius 1 is 1.18 bits per heavy atom. The van der Waals surface area contributed by atoms with Gasteiger partial charge in [0, 0.05) is 35.4 Å². The lowest BCUT2D eigenvalue weighted by molar-refractivity contribution is -0.146. The summed E-state index contributed by atoms with van der Waals surface area (Å²) in [4.78, 5) is 49.2. The summed E-state index contributed by atoms with van der Waals surface area (Å²) < 4.78 is 4.81. The molecular formula is C34H48BrN3O5S. The van der Waals surface area contributed by atoms with Gasteiger partial charge in [-0.15, -0.1) is 24.9 Å². The lowest BCUT2D eigenvalue weighted by Crippen LogP contribution is -2.59. The maximum absolute atomic E-state index is 14.7. The minimum atomic E-state index is -0.793. The lowest BCUT2D eigenvalue weighted by atomic mass is 9.70. The number of likely N-dealkylation sites (tertiary alicyclic amines) is 1. The molecule has 1 spiro atoms. The summed E-state index contributed by atoms with van der Waals surface area (Å²) >= 11 is 5.51. The summed E-state index contributed by atoms with van der Waals surface area (Å²) in [7, 11) is 0. The molecule has 1 N–H and O–H groups in total. The highest BCUT2D eigenvalue weighted by Gasteiger charge is 2.76. The molecule has 0 aromatic heterocycles. The highest BCUT2D eigenvalue weighted by molar-refractivity contribution is 9.09. The van der Waals surface area contributed by atoms with Gasteiger partial charge in [-0.05, 0) is 49.9 Å². The number of ether oxygens (including phenoxy) is 1. The van der Waals surface area contributed by atoms with Crippen molar-refractivity contribution in [1.82, 2.24) is 9.80 Å². The molecular weight excluding hydrogens is 642 g/mol. The number of aliphatic hydroxyl groups is 1. The van der Waals surface area contributed by atoms with Gasteiger partial charge in [0.1, 0.15) is 11.8 Å². The van der Waals surface area contributed by atoms with Crippen LogP contribution in [0.4, 0.5) is 5.69 Å². The van der Waals surface area contributed by atoms with E-state index in [2.05, 4.69) is 36.0 Å². The first-order valence-electron chi connectivity index (χ1n) is 15.9. The Morgan fingerprint density at radius 3 is 2.43 bits per heavy atom. The average Bonchev–Trinajstić information content (AvgIpc) is 3.61. The maximum Gasteiger partial charge on any atom is 0.247 e. The number of halogens is 1. The number of hydrogen-bond acceptors (Lipinski definition) is 6. The molecule has 242 valence electrons. The zero-order valence-electron chi connectivity index (χ0n) is 26.5. The van der Waals surface area contributed by atoms with Crippen molar-refractivity contribution < 1.29 is 24.2 Å². The van der Waals surface area contributed by atoms with Gasteiger partial charge >= 0.3 is 0 Å². The molecule has 8 atom stereocenters. The monoisotopic (exact) mass is 689 g/mol. The fourth-order valence-electron chi connectivity index (χ4n) is 7.29. The van der Waals surface area contributed by atoms with E-state index in [1.165, 1.54) is 0 Å². The molecule has 2 bridgehead atoms. The number of anilines is 1. The Labute approximate surface area is 275 Å². The van der Waals surface area contributed by atoms with Crippen LogP contribution in [0.1, 0.15) is 53.4 Å². The van der Waals surface area contributed by atoms with Crippen molar-refractivity contribution in [2.45, 2.75) is 80.3 Å². The Bertz CT molecular complexity index is 1210. The second-order valence-electron chi connectivity index (χ2n) is 12.1. The maximum atomic E-state index is 14.7. The highest BCUT2D eigenvalue weighted by atomic mass is 79.9. The molecule has 0 aliphatic carbocycles. The van der Waals surface area contributed by atoms with Gasteiger partial charge in [-0.1, -0.05) is 61.7 Å². The van der Waals surface area contributed by atoms with Crippen LogP contribution in [-0.2, 0) is 14.4 Å². The molecule has 4 rings (SSSR count).